The lowest BCUT2D eigenvalue weighted by Gasteiger charge is -2.32. The third kappa shape index (κ3) is 5.86. The van der Waals surface area contributed by atoms with Gasteiger partial charge < -0.3 is 4.90 Å². The number of hydrogen-bond acceptors (Lipinski definition) is 4. The van der Waals surface area contributed by atoms with Crippen LogP contribution in [0.1, 0.15) is 59.7 Å². The Balaban J connectivity index is 1.67. The molecule has 0 bridgehead atoms. The highest BCUT2D eigenvalue weighted by Gasteiger charge is 2.25. The van der Waals surface area contributed by atoms with Gasteiger partial charge in [-0.05, 0) is 67.0 Å². The summed E-state index contributed by atoms with van der Waals surface area (Å²) in [4.78, 5) is 14.9. The van der Waals surface area contributed by atoms with E-state index in [0.717, 1.165) is 18.4 Å². The summed E-state index contributed by atoms with van der Waals surface area (Å²) < 4.78 is 27.3. The van der Waals surface area contributed by atoms with E-state index in [2.05, 4.69) is 10.8 Å². The van der Waals surface area contributed by atoms with Crippen molar-refractivity contribution in [1.82, 2.24) is 4.90 Å². The van der Waals surface area contributed by atoms with Gasteiger partial charge in [-0.25, -0.2) is 8.42 Å². The minimum Gasteiger partial charge on any atom is -0.339 e. The van der Waals surface area contributed by atoms with Crippen LogP contribution in [0.4, 0.5) is 5.69 Å². The number of aryl methyl sites for hydroxylation is 1. The summed E-state index contributed by atoms with van der Waals surface area (Å²) in [6, 6.07) is 15.0. The Bertz CT molecular complexity index is 1080. The number of piperidine rings is 1. The minimum absolute atomic E-state index is 0.0139. The monoisotopic (exact) mass is 439 g/mol. The molecule has 31 heavy (non-hydrogen) atoms. The topological polar surface area (TPSA) is 90.3 Å². The summed E-state index contributed by atoms with van der Waals surface area (Å²) in [6.45, 7) is 6.82. The zero-order valence-corrected chi connectivity index (χ0v) is 19.1. The van der Waals surface area contributed by atoms with Crippen LogP contribution < -0.4 is 4.72 Å². The Morgan fingerprint density at radius 3 is 2.39 bits per heavy atom. The number of amides is 1. The van der Waals surface area contributed by atoms with Crippen molar-refractivity contribution in [3.05, 3.63) is 64.7 Å². The molecule has 0 unspecified atom stereocenters. The molecule has 0 saturated carbocycles. The number of benzene rings is 2. The van der Waals surface area contributed by atoms with Crippen LogP contribution in [0.2, 0.25) is 0 Å². The summed E-state index contributed by atoms with van der Waals surface area (Å²) in [7, 11) is -3.46. The fourth-order valence-electron chi connectivity index (χ4n) is 3.94. The maximum Gasteiger partial charge on any atom is 0.253 e. The molecule has 1 saturated heterocycles. The van der Waals surface area contributed by atoms with Crippen molar-refractivity contribution in [1.29, 1.82) is 5.26 Å². The Morgan fingerprint density at radius 1 is 1.16 bits per heavy atom. The van der Waals surface area contributed by atoms with Crippen LogP contribution in [0, 0.1) is 24.2 Å². The van der Waals surface area contributed by atoms with Gasteiger partial charge in [-0.2, -0.15) is 5.26 Å². The first-order valence-corrected chi connectivity index (χ1v) is 12.2. The summed E-state index contributed by atoms with van der Waals surface area (Å²) in [6.07, 6.45) is 1.72. The van der Waals surface area contributed by atoms with Crippen molar-refractivity contribution in [3.63, 3.8) is 0 Å². The maximum absolute atomic E-state index is 13.0. The van der Waals surface area contributed by atoms with Crippen LogP contribution in [0.3, 0.4) is 0 Å². The van der Waals surface area contributed by atoms with Gasteiger partial charge in [0.2, 0.25) is 10.0 Å². The molecule has 1 aliphatic rings. The van der Waals surface area contributed by atoms with Gasteiger partial charge in [0.05, 0.1) is 23.1 Å². The summed E-state index contributed by atoms with van der Waals surface area (Å²) in [5, 5.41) is 8.95. The summed E-state index contributed by atoms with van der Waals surface area (Å²) in [5.41, 5.74) is 3.57. The van der Waals surface area contributed by atoms with Gasteiger partial charge in [0, 0.05) is 18.7 Å². The predicted molar refractivity (Wildman–Crippen MR) is 122 cm³/mol. The van der Waals surface area contributed by atoms with Gasteiger partial charge in [0.25, 0.3) is 5.91 Å². The number of anilines is 1. The van der Waals surface area contributed by atoms with Crippen molar-refractivity contribution in [2.24, 2.45) is 5.92 Å². The Morgan fingerprint density at radius 2 is 1.81 bits per heavy atom. The molecular weight excluding hydrogens is 410 g/mol. The molecule has 164 valence electrons. The van der Waals surface area contributed by atoms with Crippen LogP contribution >= 0.6 is 0 Å². The van der Waals surface area contributed by atoms with Gasteiger partial charge >= 0.3 is 0 Å². The molecule has 2 aromatic carbocycles. The third-order valence-electron chi connectivity index (χ3n) is 5.60. The van der Waals surface area contributed by atoms with E-state index in [-0.39, 0.29) is 17.6 Å². The number of nitriles is 1. The maximum atomic E-state index is 13.0. The second-order valence-corrected chi connectivity index (χ2v) is 10.4. The van der Waals surface area contributed by atoms with E-state index in [0.29, 0.717) is 35.8 Å². The first kappa shape index (κ1) is 22.8. The molecule has 7 heteroatoms. The highest BCUT2D eigenvalue weighted by Crippen LogP contribution is 2.29. The van der Waals surface area contributed by atoms with Crippen LogP contribution in [0.5, 0.6) is 0 Å². The van der Waals surface area contributed by atoms with Crippen molar-refractivity contribution in [3.8, 4) is 6.07 Å². The molecule has 1 amide bonds. The fraction of sp³-hybridized carbons (Fsp3) is 0.417. The normalized spacial score (nSPS) is 15.0. The minimum atomic E-state index is -3.46. The molecule has 3 rings (SSSR count). The molecule has 1 N–H and O–H groups in total. The lowest BCUT2D eigenvalue weighted by Crippen LogP contribution is -2.38. The summed E-state index contributed by atoms with van der Waals surface area (Å²) in [5.74, 6) is 0.337. The van der Waals surface area contributed by atoms with Crippen molar-refractivity contribution < 1.29 is 13.2 Å². The largest absolute Gasteiger partial charge is 0.339 e. The van der Waals surface area contributed by atoms with Gasteiger partial charge in [-0.15, -0.1) is 0 Å². The first-order valence-electron chi connectivity index (χ1n) is 10.6. The van der Waals surface area contributed by atoms with E-state index in [1.165, 1.54) is 5.56 Å². The number of rotatable bonds is 6. The quantitative estimate of drug-likeness (QED) is 0.727. The smallest absolute Gasteiger partial charge is 0.253 e. The third-order valence-corrected chi connectivity index (χ3v) is 7.23. The number of sulfonamides is 1. The zero-order chi connectivity index (χ0) is 22.6. The van der Waals surface area contributed by atoms with Gasteiger partial charge in [-0.1, -0.05) is 32.0 Å². The average Bonchev–Trinajstić information content (AvgIpc) is 2.74. The average molecular weight is 440 g/mol. The number of nitrogens with zero attached hydrogens (tertiary/aromatic N) is 2. The van der Waals surface area contributed by atoms with Crippen molar-refractivity contribution >= 4 is 21.6 Å². The number of hydrogen-bond donors (Lipinski definition) is 1. The Hall–Kier alpha value is -2.85. The summed E-state index contributed by atoms with van der Waals surface area (Å²) >= 11 is 0. The standard InChI is InChI=1S/C24H29N3O3S/c1-17(2)16-31(29,30)26-23-14-22(7-4-18(23)3)24(28)27-12-10-21(11-13-27)20-8-5-19(15-25)6-9-20/h4-9,14,17,21,26H,10-13,16H2,1-3H3. The second-order valence-electron chi connectivity index (χ2n) is 8.61. The molecule has 1 aliphatic heterocycles. The molecular formula is C24H29N3O3S. The number of carbonyl (C=O) groups excluding carboxylic acids is 1. The van der Waals surface area contributed by atoms with Crippen LogP contribution in [-0.2, 0) is 10.0 Å². The fourth-order valence-corrected chi connectivity index (χ4v) is 5.46. The van der Waals surface area contributed by atoms with Gasteiger partial charge in [0.1, 0.15) is 0 Å². The van der Waals surface area contributed by atoms with E-state index in [4.69, 9.17) is 5.26 Å². The first-order chi connectivity index (χ1) is 14.7. The lowest BCUT2D eigenvalue weighted by molar-refractivity contribution is 0.0713. The van der Waals surface area contributed by atoms with E-state index < -0.39 is 10.0 Å². The Kier molecular flexibility index (Phi) is 7.01. The highest BCUT2D eigenvalue weighted by molar-refractivity contribution is 7.92. The van der Waals surface area contributed by atoms with Crippen LogP contribution in [0.25, 0.3) is 0 Å². The van der Waals surface area contributed by atoms with Crippen LogP contribution in [-0.4, -0.2) is 38.1 Å². The number of carbonyl (C=O) groups is 1. The molecule has 0 atom stereocenters. The Labute approximate surface area is 184 Å². The molecule has 2 aromatic rings. The van der Waals surface area contributed by atoms with Gasteiger partial charge in [-0.3, -0.25) is 9.52 Å². The van der Waals surface area contributed by atoms with Crippen molar-refractivity contribution in [2.45, 2.75) is 39.5 Å². The van der Waals surface area contributed by atoms with E-state index in [1.54, 1.807) is 18.2 Å². The lowest BCUT2D eigenvalue weighted by atomic mass is 9.89. The number of likely N-dealkylation sites (tertiary alicyclic amines) is 1. The molecule has 0 spiro atoms. The molecule has 0 radical (unpaired) electrons. The molecule has 0 aliphatic carbocycles. The van der Waals surface area contributed by atoms with Crippen molar-refractivity contribution in [2.75, 3.05) is 23.6 Å². The zero-order valence-electron chi connectivity index (χ0n) is 18.3. The number of nitrogens with one attached hydrogen (secondary N) is 1. The van der Waals surface area contributed by atoms with E-state index in [1.807, 2.05) is 49.9 Å². The van der Waals surface area contributed by atoms with Gasteiger partial charge in [0.15, 0.2) is 0 Å². The molecule has 0 aromatic heterocycles. The second kappa shape index (κ2) is 9.52. The molecule has 1 heterocycles. The predicted octanol–water partition coefficient (Wildman–Crippen LogP) is 4.28. The van der Waals surface area contributed by atoms with Crippen LogP contribution in [0.15, 0.2) is 42.5 Å². The highest BCUT2D eigenvalue weighted by atomic mass is 32.2. The van der Waals surface area contributed by atoms with E-state index >= 15 is 0 Å². The van der Waals surface area contributed by atoms with E-state index in [9.17, 15) is 13.2 Å². The molecule has 1 fully saturated rings. The SMILES string of the molecule is Cc1ccc(C(=O)N2CCC(c3ccc(C#N)cc3)CC2)cc1NS(=O)(=O)CC(C)C. The molecule has 6 nitrogen and oxygen atoms in total.